The van der Waals surface area contributed by atoms with Crippen molar-refractivity contribution in [3.63, 3.8) is 0 Å². The highest BCUT2D eigenvalue weighted by Gasteiger charge is 2.25. The Labute approximate surface area is 237 Å². The van der Waals surface area contributed by atoms with E-state index in [1.807, 2.05) is 0 Å². The van der Waals surface area contributed by atoms with Crippen LogP contribution in [0.2, 0.25) is 0 Å². The third kappa shape index (κ3) is 10.5. The number of ether oxygens (including phenoxy) is 2. The first-order valence-corrected chi connectivity index (χ1v) is 12.7. The summed E-state index contributed by atoms with van der Waals surface area (Å²) in [6, 6.07) is 4.49. The second-order valence-corrected chi connectivity index (χ2v) is 8.88. The molecule has 3 unspecified atom stereocenters. The van der Waals surface area contributed by atoms with E-state index in [0.29, 0.717) is 11.1 Å². The number of aromatic hydroxyl groups is 1. The van der Waals surface area contributed by atoms with Gasteiger partial charge in [-0.25, -0.2) is 4.79 Å². The van der Waals surface area contributed by atoms with Crippen molar-refractivity contribution < 1.29 is 48.8 Å². The second kappa shape index (κ2) is 16.5. The molecule has 1 aromatic rings. The van der Waals surface area contributed by atoms with Crippen LogP contribution in [0, 0.1) is 0 Å². The van der Waals surface area contributed by atoms with Crippen molar-refractivity contribution in [1.29, 1.82) is 0 Å². The first-order valence-electron chi connectivity index (χ1n) is 12.7. The Kier molecular flexibility index (Phi) is 13.2. The van der Waals surface area contributed by atoms with Gasteiger partial charge in [0.25, 0.3) is 5.91 Å². The molecular weight excluding hydrogens is 536 g/mol. The van der Waals surface area contributed by atoms with Crippen LogP contribution in [0.1, 0.15) is 42.6 Å². The number of phenolic OH excluding ortho intramolecular Hbond substituents is 1. The Morgan fingerprint density at radius 1 is 1.22 bits per heavy atom. The largest absolute Gasteiger partial charge is 0.507 e. The number of hydrogen-bond donors (Lipinski definition) is 3. The maximum Gasteiger partial charge on any atom is 0.342 e. The number of hydrogen-bond acceptors (Lipinski definition) is 11. The SMILES string of the molecule is CO/N=C\C=C/C(=O)N(/C=C/CC1CC(=O)OC(CO)/C=C/C(O)/C(C)=C\Cc2cccc(O)c2C(=O)O1)C(C)=O. The summed E-state index contributed by atoms with van der Waals surface area (Å²) >= 11 is 0. The molecule has 0 aliphatic carbocycles. The molecule has 0 spiro atoms. The third-order valence-corrected chi connectivity index (χ3v) is 5.80. The Hall–Kier alpha value is -4.55. The zero-order valence-electron chi connectivity index (χ0n) is 23.0. The van der Waals surface area contributed by atoms with Crippen molar-refractivity contribution in [3.8, 4) is 5.75 Å². The Bertz CT molecular complexity index is 1250. The highest BCUT2D eigenvalue weighted by atomic mass is 16.6. The number of aliphatic hydroxyl groups is 2. The molecule has 1 aromatic carbocycles. The minimum Gasteiger partial charge on any atom is -0.507 e. The number of allylic oxidation sites excluding steroid dienone is 2. The van der Waals surface area contributed by atoms with Gasteiger partial charge in [-0.05, 0) is 42.7 Å². The predicted molar refractivity (Wildman–Crippen MR) is 147 cm³/mol. The topological polar surface area (TPSA) is 172 Å². The number of oxime groups is 1. The highest BCUT2D eigenvalue weighted by molar-refractivity contribution is 6.02. The van der Waals surface area contributed by atoms with Crippen LogP contribution in [0.15, 0.2) is 71.6 Å². The molecule has 0 radical (unpaired) electrons. The van der Waals surface area contributed by atoms with Crippen molar-refractivity contribution in [2.45, 2.75) is 51.4 Å². The van der Waals surface area contributed by atoms with Gasteiger partial charge in [-0.3, -0.25) is 19.3 Å². The van der Waals surface area contributed by atoms with E-state index >= 15 is 0 Å². The quantitative estimate of drug-likeness (QED) is 0.145. The number of fused-ring (bicyclic) bond motifs is 1. The number of aliphatic hydroxyl groups excluding tert-OH is 2. The number of carbonyl (C=O) groups excluding carboxylic acids is 4. The van der Waals surface area contributed by atoms with Crippen molar-refractivity contribution in [2.24, 2.45) is 5.16 Å². The molecule has 0 aromatic heterocycles. The fourth-order valence-electron chi connectivity index (χ4n) is 3.64. The maximum absolute atomic E-state index is 13.2. The van der Waals surface area contributed by atoms with E-state index in [9.17, 15) is 34.5 Å². The number of imide groups is 1. The normalized spacial score (nSPS) is 22.7. The number of benzene rings is 1. The number of nitrogens with zero attached hydrogens (tertiary/aromatic N) is 2. The zero-order chi connectivity index (χ0) is 30.4. The van der Waals surface area contributed by atoms with E-state index in [4.69, 9.17) is 9.47 Å². The maximum atomic E-state index is 13.2. The average molecular weight is 571 g/mol. The molecule has 3 N–H and O–H groups in total. The van der Waals surface area contributed by atoms with Crippen molar-refractivity contribution in [3.05, 3.63) is 77.6 Å². The lowest BCUT2D eigenvalue weighted by atomic mass is 10.0. The summed E-state index contributed by atoms with van der Waals surface area (Å²) in [7, 11) is 1.33. The van der Waals surface area contributed by atoms with E-state index in [0.717, 1.165) is 11.0 Å². The van der Waals surface area contributed by atoms with Gasteiger partial charge in [0.2, 0.25) is 5.91 Å². The van der Waals surface area contributed by atoms with Gasteiger partial charge in [-0.2, -0.15) is 0 Å². The average Bonchev–Trinajstić information content (AvgIpc) is 2.93. The number of rotatable bonds is 7. The lowest BCUT2D eigenvalue weighted by molar-refractivity contribution is -0.150. The zero-order valence-corrected chi connectivity index (χ0v) is 23.0. The fraction of sp³-hybridized carbons (Fsp3) is 0.345. The molecule has 0 saturated heterocycles. The van der Waals surface area contributed by atoms with Gasteiger partial charge in [0.15, 0.2) is 0 Å². The smallest absolute Gasteiger partial charge is 0.342 e. The summed E-state index contributed by atoms with van der Waals surface area (Å²) in [6.45, 7) is 2.28. The summed E-state index contributed by atoms with van der Waals surface area (Å²) < 4.78 is 10.8. The number of carbonyl (C=O) groups is 4. The molecule has 12 nitrogen and oxygen atoms in total. The third-order valence-electron chi connectivity index (χ3n) is 5.80. The first-order chi connectivity index (χ1) is 19.6. The molecule has 1 aliphatic rings. The molecule has 2 amide bonds. The van der Waals surface area contributed by atoms with Gasteiger partial charge in [0.1, 0.15) is 30.6 Å². The van der Waals surface area contributed by atoms with E-state index in [-0.39, 0.29) is 24.2 Å². The molecular formula is C29H34N2O10. The van der Waals surface area contributed by atoms with Gasteiger partial charge >= 0.3 is 11.9 Å². The Morgan fingerprint density at radius 3 is 2.66 bits per heavy atom. The van der Waals surface area contributed by atoms with E-state index < -0.39 is 55.1 Å². The summed E-state index contributed by atoms with van der Waals surface area (Å²) in [6.07, 6.45) is 6.86. The van der Waals surface area contributed by atoms with Gasteiger partial charge in [0.05, 0.1) is 25.3 Å². The summed E-state index contributed by atoms with van der Waals surface area (Å²) in [4.78, 5) is 55.6. The van der Waals surface area contributed by atoms with Crippen LogP contribution >= 0.6 is 0 Å². The lowest BCUT2D eigenvalue weighted by Crippen LogP contribution is -2.29. The van der Waals surface area contributed by atoms with Crippen LogP contribution in [0.5, 0.6) is 5.75 Å². The number of phenols is 1. The molecule has 2 rings (SSSR count). The van der Waals surface area contributed by atoms with Crippen LogP contribution in [0.4, 0.5) is 0 Å². The fourth-order valence-corrected chi connectivity index (χ4v) is 3.64. The van der Waals surface area contributed by atoms with Crippen molar-refractivity contribution >= 4 is 30.0 Å². The number of cyclic esters (lactones) is 2. The Balaban J connectivity index is 2.39. The minimum atomic E-state index is -1.14. The Morgan fingerprint density at radius 2 is 1.98 bits per heavy atom. The molecule has 1 aliphatic heterocycles. The monoisotopic (exact) mass is 570 g/mol. The molecule has 0 saturated carbocycles. The van der Waals surface area contributed by atoms with Gasteiger partial charge < -0.3 is 29.6 Å². The lowest BCUT2D eigenvalue weighted by Gasteiger charge is -2.19. The van der Waals surface area contributed by atoms with Crippen molar-refractivity contribution in [2.75, 3.05) is 13.7 Å². The van der Waals surface area contributed by atoms with Crippen molar-refractivity contribution in [1.82, 2.24) is 4.90 Å². The van der Waals surface area contributed by atoms with Gasteiger partial charge in [-0.15, -0.1) is 0 Å². The van der Waals surface area contributed by atoms with Crippen LogP contribution in [-0.2, 0) is 35.1 Å². The van der Waals surface area contributed by atoms with E-state index in [1.54, 1.807) is 25.1 Å². The second-order valence-electron chi connectivity index (χ2n) is 8.88. The van der Waals surface area contributed by atoms with E-state index in [1.165, 1.54) is 56.8 Å². The standard InChI is InChI=1S/C29H34N2O10/c1-19-11-12-21-7-4-9-25(35)28(21)29(38)41-22(17-27(37)40-23(18-32)13-14-24(19)34)8-6-16-31(20(2)33)26(36)10-5-15-30-39-3/h4-7,9-11,13-16,22-24,32,34-35H,8,12,17-18H2,1-3H3/b10-5-,14-13+,16-6+,19-11-,30-15-. The molecule has 220 valence electrons. The molecule has 41 heavy (non-hydrogen) atoms. The summed E-state index contributed by atoms with van der Waals surface area (Å²) in [5.74, 6) is -3.36. The predicted octanol–water partition coefficient (Wildman–Crippen LogP) is 2.10. The number of amides is 2. The van der Waals surface area contributed by atoms with Crippen LogP contribution in [0.3, 0.4) is 0 Å². The minimum absolute atomic E-state index is 0.115. The van der Waals surface area contributed by atoms with Crippen LogP contribution in [0.25, 0.3) is 0 Å². The summed E-state index contributed by atoms with van der Waals surface area (Å²) in [5.41, 5.74) is 0.827. The molecule has 1 heterocycles. The first kappa shape index (κ1) is 32.7. The molecule has 3 atom stereocenters. The highest BCUT2D eigenvalue weighted by Crippen LogP contribution is 2.25. The van der Waals surface area contributed by atoms with E-state index in [2.05, 4.69) is 9.99 Å². The molecule has 0 bridgehead atoms. The molecule has 12 heteroatoms. The van der Waals surface area contributed by atoms with Gasteiger partial charge in [0, 0.05) is 25.6 Å². The summed E-state index contributed by atoms with van der Waals surface area (Å²) in [5, 5.41) is 34.0. The molecule has 0 fully saturated rings. The van der Waals surface area contributed by atoms with Crippen LogP contribution in [-0.4, -0.2) is 82.2 Å². The number of esters is 2. The van der Waals surface area contributed by atoms with Crippen LogP contribution < -0.4 is 0 Å². The van der Waals surface area contributed by atoms with Gasteiger partial charge in [-0.1, -0.05) is 35.5 Å².